The van der Waals surface area contributed by atoms with Gasteiger partial charge in [0.05, 0.1) is 6.10 Å². The van der Waals surface area contributed by atoms with Gasteiger partial charge in [-0.05, 0) is 42.5 Å². The van der Waals surface area contributed by atoms with E-state index in [2.05, 4.69) is 10.6 Å². The summed E-state index contributed by atoms with van der Waals surface area (Å²) in [6.07, 6.45) is -2.29. The molecule has 1 aliphatic heterocycles. The van der Waals surface area contributed by atoms with E-state index in [1.807, 2.05) is 66.7 Å². The summed E-state index contributed by atoms with van der Waals surface area (Å²) in [4.78, 5) is 69.5. The Morgan fingerprint density at radius 3 is 1.94 bits per heavy atom. The Labute approximate surface area is 295 Å². The molecule has 0 unspecified atom stereocenters. The number of alkyl carbamates (subject to hydrolysis) is 1. The molecule has 5 rings (SSSR count). The van der Waals surface area contributed by atoms with Crippen LogP contribution in [0.5, 0.6) is 0 Å². The number of ketones is 1. The van der Waals surface area contributed by atoms with E-state index >= 15 is 0 Å². The van der Waals surface area contributed by atoms with Crippen LogP contribution in [0.3, 0.4) is 0 Å². The minimum atomic E-state index is -1.41. The van der Waals surface area contributed by atoms with Crippen molar-refractivity contribution in [3.8, 4) is 0 Å². The van der Waals surface area contributed by atoms with Gasteiger partial charge in [0.25, 0.3) is 11.7 Å². The highest BCUT2D eigenvalue weighted by Crippen LogP contribution is 2.42. The first-order chi connectivity index (χ1) is 24.2. The molecule has 4 atom stereocenters. The molecule has 10 nitrogen and oxygen atoms in total. The number of ether oxygens (including phenoxy) is 2. The number of rotatable bonds is 13. The molecule has 4 aromatic rings. The van der Waals surface area contributed by atoms with Crippen LogP contribution in [0.4, 0.5) is 4.79 Å². The molecule has 0 radical (unpaired) electrons. The van der Waals surface area contributed by atoms with Gasteiger partial charge in [0, 0.05) is 5.75 Å². The van der Waals surface area contributed by atoms with E-state index in [0.29, 0.717) is 11.1 Å². The maximum Gasteiger partial charge on any atom is 0.408 e. The average Bonchev–Trinajstić information content (AvgIpc) is 3.56. The largest absolute Gasteiger partial charge is 0.457 e. The number of carbonyl (C=O) groups excluding carboxylic acids is 5. The van der Waals surface area contributed by atoms with Gasteiger partial charge in [-0.3, -0.25) is 14.4 Å². The van der Waals surface area contributed by atoms with Crippen LogP contribution >= 0.6 is 11.8 Å². The molecule has 1 fully saturated rings. The summed E-state index contributed by atoms with van der Waals surface area (Å²) in [5.41, 5.74) is 2.77. The number of benzene rings is 4. The van der Waals surface area contributed by atoms with Crippen LogP contribution in [0.25, 0.3) is 0 Å². The van der Waals surface area contributed by atoms with Gasteiger partial charge in [0.2, 0.25) is 5.91 Å². The smallest absolute Gasteiger partial charge is 0.408 e. The van der Waals surface area contributed by atoms with Crippen molar-refractivity contribution < 1.29 is 33.4 Å². The number of esters is 1. The molecule has 0 bridgehead atoms. The Hall–Kier alpha value is -5.42. The van der Waals surface area contributed by atoms with Gasteiger partial charge in [0.15, 0.2) is 0 Å². The number of hydrogen-bond donors (Lipinski definition) is 2. The van der Waals surface area contributed by atoms with Crippen LogP contribution in [-0.4, -0.2) is 52.6 Å². The Balaban J connectivity index is 1.44. The third-order valence-electron chi connectivity index (χ3n) is 7.96. The third-order valence-corrected chi connectivity index (χ3v) is 9.29. The van der Waals surface area contributed by atoms with Gasteiger partial charge in [-0.15, -0.1) is 11.8 Å². The Morgan fingerprint density at radius 1 is 0.780 bits per heavy atom. The molecule has 1 saturated heterocycles. The first-order valence-electron chi connectivity index (χ1n) is 16.3. The number of Topliss-reactive ketones (excluding diaryl/α,β-unsaturated/α-hetero) is 1. The minimum absolute atomic E-state index is 0.00331. The number of thioether (sulfide) groups is 1. The van der Waals surface area contributed by atoms with E-state index in [0.717, 1.165) is 11.1 Å². The zero-order valence-electron chi connectivity index (χ0n) is 27.8. The van der Waals surface area contributed by atoms with Crippen LogP contribution in [-0.2, 0) is 41.7 Å². The highest BCUT2D eigenvalue weighted by molar-refractivity contribution is 7.99. The molecule has 3 amide bonds. The molecule has 11 heteroatoms. The van der Waals surface area contributed by atoms with Crippen LogP contribution < -0.4 is 10.6 Å². The number of hydrogen-bond acceptors (Lipinski definition) is 8. The topological polar surface area (TPSA) is 131 Å². The van der Waals surface area contributed by atoms with Gasteiger partial charge in [-0.25, -0.2) is 9.59 Å². The summed E-state index contributed by atoms with van der Waals surface area (Å²) in [7, 11) is 0. The van der Waals surface area contributed by atoms with Crippen molar-refractivity contribution in [1.29, 1.82) is 0 Å². The lowest BCUT2D eigenvalue weighted by Crippen LogP contribution is -2.54. The van der Waals surface area contributed by atoms with Gasteiger partial charge >= 0.3 is 12.1 Å². The SMILES string of the molecule is CC(C)OC(=O)C(=O)[C@H](Cc1ccccc1)C(=O)N[C@H]1CS[C@H](c2ccccc2)N1C(=O)[C@@H](NC(=O)OCc1ccccc1)c1ccccc1. The van der Waals surface area contributed by atoms with Crippen molar-refractivity contribution in [2.24, 2.45) is 5.92 Å². The summed E-state index contributed by atoms with van der Waals surface area (Å²) in [6, 6.07) is 35.0. The quantitative estimate of drug-likeness (QED) is 0.103. The number of nitrogens with zero attached hydrogens (tertiary/aromatic N) is 1. The standard InChI is InChI=1S/C39H39N3O7S/c1-26(2)49-38(46)34(43)31(23-27-15-7-3-8-16-27)35(44)40-32-25-50-37(30-21-13-6-14-22-30)42(32)36(45)33(29-19-11-5-12-20-29)41-39(47)48-24-28-17-9-4-10-18-28/h3-22,26,31-33,37H,23-25H2,1-2H3,(H,40,44)(H,41,47)/t31-,32+,33-,37+/m0/s1. The van der Waals surface area contributed by atoms with Crippen molar-refractivity contribution in [3.05, 3.63) is 144 Å². The molecule has 0 aliphatic carbocycles. The van der Waals surface area contributed by atoms with Crippen molar-refractivity contribution in [1.82, 2.24) is 15.5 Å². The molecule has 4 aromatic carbocycles. The van der Waals surface area contributed by atoms with Crippen molar-refractivity contribution in [2.45, 2.75) is 50.6 Å². The molecular weight excluding hydrogens is 655 g/mol. The van der Waals surface area contributed by atoms with Crippen molar-refractivity contribution in [3.63, 3.8) is 0 Å². The maximum absolute atomic E-state index is 14.7. The molecule has 258 valence electrons. The van der Waals surface area contributed by atoms with Crippen molar-refractivity contribution >= 4 is 41.4 Å². The van der Waals surface area contributed by atoms with Gasteiger partial charge in [-0.2, -0.15) is 0 Å². The monoisotopic (exact) mass is 693 g/mol. The minimum Gasteiger partial charge on any atom is -0.457 e. The first-order valence-corrected chi connectivity index (χ1v) is 17.4. The fourth-order valence-electron chi connectivity index (χ4n) is 5.56. The zero-order valence-corrected chi connectivity index (χ0v) is 28.6. The summed E-state index contributed by atoms with van der Waals surface area (Å²) >= 11 is 1.43. The van der Waals surface area contributed by atoms with E-state index in [4.69, 9.17) is 9.47 Å². The fourth-order valence-corrected chi connectivity index (χ4v) is 6.93. The third kappa shape index (κ3) is 9.38. The van der Waals surface area contributed by atoms with Crippen LogP contribution in [0.2, 0.25) is 0 Å². The van der Waals surface area contributed by atoms with Crippen LogP contribution in [0.1, 0.15) is 47.5 Å². The first kappa shape index (κ1) is 35.9. The van der Waals surface area contributed by atoms with E-state index in [1.165, 1.54) is 16.7 Å². The maximum atomic E-state index is 14.7. The Morgan fingerprint density at radius 2 is 1.34 bits per heavy atom. The summed E-state index contributed by atoms with van der Waals surface area (Å²) < 4.78 is 10.6. The second kappa shape index (κ2) is 17.3. The molecule has 0 spiro atoms. The lowest BCUT2D eigenvalue weighted by molar-refractivity contribution is -0.160. The lowest BCUT2D eigenvalue weighted by Gasteiger charge is -2.34. The van der Waals surface area contributed by atoms with Crippen molar-refractivity contribution in [2.75, 3.05) is 5.75 Å². The van der Waals surface area contributed by atoms with E-state index in [1.54, 1.807) is 68.4 Å². The molecule has 0 aromatic heterocycles. The predicted molar refractivity (Wildman–Crippen MR) is 189 cm³/mol. The predicted octanol–water partition coefficient (Wildman–Crippen LogP) is 5.75. The Bertz CT molecular complexity index is 1760. The van der Waals surface area contributed by atoms with E-state index < -0.39 is 59.3 Å². The highest BCUT2D eigenvalue weighted by atomic mass is 32.2. The molecule has 1 aliphatic rings. The van der Waals surface area contributed by atoms with Gasteiger partial charge in [-0.1, -0.05) is 121 Å². The van der Waals surface area contributed by atoms with Gasteiger partial charge < -0.3 is 25.0 Å². The summed E-state index contributed by atoms with van der Waals surface area (Å²) in [5.74, 6) is -4.43. The molecule has 1 heterocycles. The molecule has 0 saturated carbocycles. The number of carbonyl (C=O) groups is 5. The lowest BCUT2D eigenvalue weighted by atomic mass is 9.94. The fraction of sp³-hybridized carbons (Fsp3) is 0.256. The van der Waals surface area contributed by atoms with Gasteiger partial charge in [0.1, 0.15) is 30.1 Å². The van der Waals surface area contributed by atoms with Crippen LogP contribution in [0.15, 0.2) is 121 Å². The highest BCUT2D eigenvalue weighted by Gasteiger charge is 2.44. The normalized spacial score (nSPS) is 16.6. The Kier molecular flexibility index (Phi) is 12.4. The molecule has 50 heavy (non-hydrogen) atoms. The second-order valence-corrected chi connectivity index (χ2v) is 13.1. The second-order valence-electron chi connectivity index (χ2n) is 12.0. The summed E-state index contributed by atoms with van der Waals surface area (Å²) in [5, 5.41) is 5.10. The molecule has 2 N–H and O–H groups in total. The average molecular weight is 694 g/mol. The molecular formula is C39H39N3O7S. The van der Waals surface area contributed by atoms with Crippen LogP contribution in [0, 0.1) is 5.92 Å². The van der Waals surface area contributed by atoms with E-state index in [9.17, 15) is 24.0 Å². The summed E-state index contributed by atoms with van der Waals surface area (Å²) in [6.45, 7) is 3.24. The number of nitrogens with one attached hydrogen (secondary N) is 2. The number of amides is 3. The zero-order chi connectivity index (χ0) is 35.5. The van der Waals surface area contributed by atoms with E-state index in [-0.39, 0.29) is 18.8 Å².